The highest BCUT2D eigenvalue weighted by Crippen LogP contribution is 2.48. The van der Waals surface area contributed by atoms with E-state index in [1.807, 2.05) is 0 Å². The zero-order chi connectivity index (χ0) is 11.5. The third-order valence-electron chi connectivity index (χ3n) is 2.97. The average Bonchev–Trinajstić information content (AvgIpc) is 2.90. The monoisotopic (exact) mass is 215 g/mol. The summed E-state index contributed by atoms with van der Waals surface area (Å²) in [5.41, 5.74) is -1.05. The predicted octanol–water partition coefficient (Wildman–Crippen LogP) is 0.690. The van der Waals surface area contributed by atoms with Gasteiger partial charge in [-0.25, -0.2) is 0 Å². The third kappa shape index (κ3) is 3.80. The van der Waals surface area contributed by atoms with Crippen molar-refractivity contribution in [3.05, 3.63) is 0 Å². The Kier molecular flexibility index (Phi) is 3.73. The molecule has 0 unspecified atom stereocenters. The number of methoxy groups -OCH3 is 1. The number of hydrogen-bond donors (Lipinski definition) is 2. The highest BCUT2D eigenvalue weighted by Gasteiger charge is 2.42. The lowest BCUT2D eigenvalue weighted by molar-refractivity contribution is -0.136. The van der Waals surface area contributed by atoms with E-state index in [-0.39, 0.29) is 11.3 Å². The van der Waals surface area contributed by atoms with Crippen molar-refractivity contribution >= 4 is 5.91 Å². The first-order chi connectivity index (χ1) is 6.90. The molecule has 0 aliphatic heterocycles. The number of ether oxygens (including phenoxy) is 1. The molecule has 0 bridgehead atoms. The largest absolute Gasteiger partial charge is 0.385 e. The first kappa shape index (κ1) is 12.5. The van der Waals surface area contributed by atoms with Gasteiger partial charge in [0.2, 0.25) is 0 Å². The fourth-order valence-corrected chi connectivity index (χ4v) is 1.49. The molecular formula is C11H21NO3. The summed E-state index contributed by atoms with van der Waals surface area (Å²) >= 11 is 0. The van der Waals surface area contributed by atoms with E-state index in [0.29, 0.717) is 6.54 Å². The van der Waals surface area contributed by atoms with E-state index in [1.54, 1.807) is 7.11 Å². The average molecular weight is 215 g/mol. The van der Waals surface area contributed by atoms with E-state index in [4.69, 9.17) is 4.74 Å². The van der Waals surface area contributed by atoms with Crippen LogP contribution in [-0.2, 0) is 9.53 Å². The number of amides is 1. The van der Waals surface area contributed by atoms with E-state index in [2.05, 4.69) is 5.32 Å². The summed E-state index contributed by atoms with van der Waals surface area (Å²) in [4.78, 5) is 11.4. The summed E-state index contributed by atoms with van der Waals surface area (Å²) in [5.74, 6) is -0.300. The van der Waals surface area contributed by atoms with Crippen molar-refractivity contribution in [1.82, 2.24) is 5.32 Å². The Bertz CT molecular complexity index is 228. The Morgan fingerprint density at radius 3 is 2.53 bits per heavy atom. The van der Waals surface area contributed by atoms with E-state index in [9.17, 15) is 9.90 Å². The highest BCUT2D eigenvalue weighted by molar-refractivity contribution is 5.83. The van der Waals surface area contributed by atoms with Crippen LogP contribution in [0.3, 0.4) is 0 Å². The van der Waals surface area contributed by atoms with Crippen LogP contribution in [0.2, 0.25) is 0 Å². The molecule has 1 fully saturated rings. The summed E-state index contributed by atoms with van der Waals surface area (Å²) in [5, 5.41) is 12.2. The molecule has 1 amide bonds. The molecule has 1 aliphatic rings. The van der Waals surface area contributed by atoms with Crippen LogP contribution in [0.4, 0.5) is 0 Å². The highest BCUT2D eigenvalue weighted by atomic mass is 16.5. The first-order valence-electron chi connectivity index (χ1n) is 5.39. The van der Waals surface area contributed by atoms with Gasteiger partial charge in [0.25, 0.3) is 5.91 Å². The maximum atomic E-state index is 11.4. The van der Waals surface area contributed by atoms with E-state index >= 15 is 0 Å². The summed E-state index contributed by atoms with van der Waals surface area (Å²) in [6.07, 6.45) is 3.26. The molecule has 0 aromatic carbocycles. The minimum atomic E-state index is -1.28. The Hall–Kier alpha value is -0.610. The zero-order valence-corrected chi connectivity index (χ0v) is 9.80. The van der Waals surface area contributed by atoms with Gasteiger partial charge in [-0.05, 0) is 38.5 Å². The van der Waals surface area contributed by atoms with Crippen molar-refractivity contribution in [3.63, 3.8) is 0 Å². The number of aliphatic hydroxyl groups is 1. The summed E-state index contributed by atoms with van der Waals surface area (Å²) < 4.78 is 5.03. The van der Waals surface area contributed by atoms with Gasteiger partial charge in [-0.1, -0.05) is 0 Å². The van der Waals surface area contributed by atoms with E-state index < -0.39 is 5.60 Å². The minimum absolute atomic E-state index is 0.233. The van der Waals surface area contributed by atoms with Crippen LogP contribution in [0, 0.1) is 5.41 Å². The lowest BCUT2D eigenvalue weighted by Crippen LogP contribution is -2.44. The molecule has 0 radical (unpaired) electrons. The van der Waals surface area contributed by atoms with Crippen LogP contribution >= 0.6 is 0 Å². The second-order valence-electron chi connectivity index (χ2n) is 4.98. The van der Waals surface area contributed by atoms with Gasteiger partial charge in [-0.3, -0.25) is 4.79 Å². The molecule has 2 N–H and O–H groups in total. The molecule has 0 aromatic rings. The van der Waals surface area contributed by atoms with E-state index in [1.165, 1.54) is 13.8 Å². The first-order valence-corrected chi connectivity index (χ1v) is 5.39. The molecule has 0 heterocycles. The van der Waals surface area contributed by atoms with Gasteiger partial charge in [-0.2, -0.15) is 0 Å². The molecule has 1 rings (SSSR count). The third-order valence-corrected chi connectivity index (χ3v) is 2.97. The minimum Gasteiger partial charge on any atom is -0.385 e. The number of carbonyl (C=O) groups excluding carboxylic acids is 1. The maximum Gasteiger partial charge on any atom is 0.251 e. The standard InChI is InChI=1S/C11H21NO3/c1-10(2,14)9(13)12-8-11(4-5-11)6-7-15-3/h14H,4-8H2,1-3H3,(H,12,13). The van der Waals surface area contributed by atoms with Crippen LogP contribution in [0.5, 0.6) is 0 Å². The molecule has 0 atom stereocenters. The Morgan fingerprint density at radius 1 is 1.53 bits per heavy atom. The van der Waals surface area contributed by atoms with E-state index in [0.717, 1.165) is 25.9 Å². The lowest BCUT2D eigenvalue weighted by atomic mass is 10.0. The molecule has 1 saturated carbocycles. The fourth-order valence-electron chi connectivity index (χ4n) is 1.49. The second kappa shape index (κ2) is 4.49. The van der Waals surface area contributed by atoms with Crippen molar-refractivity contribution in [3.8, 4) is 0 Å². The van der Waals surface area contributed by atoms with Crippen LogP contribution in [-0.4, -0.2) is 36.9 Å². The van der Waals surface area contributed by atoms with Gasteiger partial charge in [0, 0.05) is 20.3 Å². The second-order valence-corrected chi connectivity index (χ2v) is 4.98. The molecule has 88 valence electrons. The van der Waals surface area contributed by atoms with Crippen LogP contribution < -0.4 is 5.32 Å². The van der Waals surface area contributed by atoms with Crippen molar-refractivity contribution in [2.45, 2.75) is 38.7 Å². The number of hydrogen-bond acceptors (Lipinski definition) is 3. The van der Waals surface area contributed by atoms with Crippen LogP contribution in [0.25, 0.3) is 0 Å². The topological polar surface area (TPSA) is 58.6 Å². The van der Waals surface area contributed by atoms with Crippen molar-refractivity contribution in [2.75, 3.05) is 20.3 Å². The van der Waals surface area contributed by atoms with Crippen molar-refractivity contribution < 1.29 is 14.6 Å². The van der Waals surface area contributed by atoms with Gasteiger partial charge < -0.3 is 15.2 Å². The fraction of sp³-hybridized carbons (Fsp3) is 0.909. The maximum absolute atomic E-state index is 11.4. The summed E-state index contributed by atoms with van der Waals surface area (Å²) in [6, 6.07) is 0. The molecular weight excluding hydrogens is 194 g/mol. The van der Waals surface area contributed by atoms with Crippen LogP contribution in [0.1, 0.15) is 33.1 Å². The van der Waals surface area contributed by atoms with Crippen LogP contribution in [0.15, 0.2) is 0 Å². The molecule has 4 nitrogen and oxygen atoms in total. The number of carbonyl (C=O) groups is 1. The Labute approximate surface area is 91.0 Å². The van der Waals surface area contributed by atoms with Gasteiger partial charge in [0.05, 0.1) is 0 Å². The Morgan fingerprint density at radius 2 is 2.13 bits per heavy atom. The van der Waals surface area contributed by atoms with Gasteiger partial charge in [0.1, 0.15) is 5.60 Å². The molecule has 0 saturated heterocycles. The van der Waals surface area contributed by atoms with Gasteiger partial charge >= 0.3 is 0 Å². The number of nitrogens with one attached hydrogen (secondary N) is 1. The quantitative estimate of drug-likeness (QED) is 0.685. The molecule has 0 spiro atoms. The molecule has 1 aliphatic carbocycles. The molecule has 0 aromatic heterocycles. The summed E-state index contributed by atoms with van der Waals surface area (Å²) in [7, 11) is 1.69. The van der Waals surface area contributed by atoms with Gasteiger partial charge in [-0.15, -0.1) is 0 Å². The molecule has 15 heavy (non-hydrogen) atoms. The SMILES string of the molecule is COCCC1(CNC(=O)C(C)(C)O)CC1. The van der Waals surface area contributed by atoms with Crippen molar-refractivity contribution in [2.24, 2.45) is 5.41 Å². The van der Waals surface area contributed by atoms with Crippen molar-refractivity contribution in [1.29, 1.82) is 0 Å². The molecule has 4 heteroatoms. The normalized spacial score (nSPS) is 18.7. The zero-order valence-electron chi connectivity index (χ0n) is 9.80. The predicted molar refractivity (Wildman–Crippen MR) is 57.5 cm³/mol. The smallest absolute Gasteiger partial charge is 0.251 e. The number of rotatable bonds is 6. The summed E-state index contributed by atoms with van der Waals surface area (Å²) in [6.45, 7) is 4.38. The lowest BCUT2D eigenvalue weighted by Gasteiger charge is -2.20. The Balaban J connectivity index is 2.28. The van der Waals surface area contributed by atoms with Gasteiger partial charge in [0.15, 0.2) is 0 Å².